The van der Waals surface area contributed by atoms with Crippen molar-refractivity contribution >= 4 is 46.5 Å². The van der Waals surface area contributed by atoms with Gasteiger partial charge in [0.15, 0.2) is 5.96 Å². The Morgan fingerprint density at radius 2 is 1.87 bits per heavy atom. The maximum absolute atomic E-state index is 5.06. The third-order valence-corrected chi connectivity index (χ3v) is 4.96. The number of halogens is 1. The Morgan fingerprint density at radius 3 is 2.61 bits per heavy atom. The molecule has 0 saturated heterocycles. The largest absolute Gasteiger partial charge is 0.383 e. The van der Waals surface area contributed by atoms with Crippen LogP contribution in [0.25, 0.3) is 10.9 Å². The summed E-state index contributed by atoms with van der Waals surface area (Å²) >= 11 is 0. The molecular formula is C24H34IN5O. The van der Waals surface area contributed by atoms with E-state index in [2.05, 4.69) is 83.4 Å². The molecule has 3 aromatic rings. The van der Waals surface area contributed by atoms with E-state index in [0.717, 1.165) is 37.7 Å². The van der Waals surface area contributed by atoms with Crippen LogP contribution in [-0.2, 0) is 17.7 Å². The normalized spacial score (nSPS) is 11.3. The third kappa shape index (κ3) is 7.74. The summed E-state index contributed by atoms with van der Waals surface area (Å²) in [5.74, 6) is 0.843. The Hall–Kier alpha value is -2.26. The lowest BCUT2D eigenvalue weighted by Gasteiger charge is -2.11. The van der Waals surface area contributed by atoms with Crippen LogP contribution in [0.3, 0.4) is 0 Å². The molecule has 0 aliphatic rings. The highest BCUT2D eigenvalue weighted by Gasteiger charge is 2.04. The number of anilines is 1. The highest BCUT2D eigenvalue weighted by Crippen LogP contribution is 2.19. The molecule has 0 radical (unpaired) electrons. The minimum atomic E-state index is 0. The molecular weight excluding hydrogens is 501 g/mol. The molecule has 31 heavy (non-hydrogen) atoms. The quantitative estimate of drug-likeness (QED) is 0.134. The summed E-state index contributed by atoms with van der Waals surface area (Å²) in [5.41, 5.74) is 6.07. The predicted molar refractivity (Wildman–Crippen MR) is 142 cm³/mol. The maximum atomic E-state index is 5.06. The number of aryl methyl sites for hydroxylation is 1. The highest BCUT2D eigenvalue weighted by atomic mass is 127. The van der Waals surface area contributed by atoms with Gasteiger partial charge in [0, 0.05) is 49.5 Å². The number of aliphatic imine (C=N–C) groups is 1. The summed E-state index contributed by atoms with van der Waals surface area (Å²) in [4.78, 5) is 8.10. The molecule has 1 heterocycles. The molecule has 0 atom stereocenters. The molecule has 168 valence electrons. The number of rotatable bonds is 10. The smallest absolute Gasteiger partial charge is 0.191 e. The molecule has 0 fully saturated rings. The van der Waals surface area contributed by atoms with Crippen LogP contribution in [0.15, 0.2) is 53.7 Å². The van der Waals surface area contributed by atoms with Crippen LogP contribution in [-0.4, -0.2) is 44.3 Å². The fourth-order valence-electron chi connectivity index (χ4n) is 3.36. The number of fused-ring (bicyclic) bond motifs is 1. The SMILES string of the molecule is CCNC(=NCc1ccc(NCCOC)cc1)NCCc1c[nH]c2cc(C)ccc12.I. The number of ether oxygens (including phenoxy) is 1. The topological polar surface area (TPSA) is 73.5 Å². The molecule has 0 aliphatic heterocycles. The van der Waals surface area contributed by atoms with Crippen LogP contribution < -0.4 is 16.0 Å². The number of nitrogens with zero attached hydrogens (tertiary/aromatic N) is 1. The monoisotopic (exact) mass is 535 g/mol. The van der Waals surface area contributed by atoms with E-state index in [4.69, 9.17) is 9.73 Å². The Kier molecular flexibility index (Phi) is 10.7. The van der Waals surface area contributed by atoms with Gasteiger partial charge >= 0.3 is 0 Å². The van der Waals surface area contributed by atoms with Gasteiger partial charge in [-0.05, 0) is 55.2 Å². The minimum Gasteiger partial charge on any atom is -0.383 e. The van der Waals surface area contributed by atoms with E-state index in [-0.39, 0.29) is 24.0 Å². The van der Waals surface area contributed by atoms with Crippen LogP contribution in [0.5, 0.6) is 0 Å². The molecule has 0 bridgehead atoms. The van der Waals surface area contributed by atoms with Crippen molar-refractivity contribution < 1.29 is 4.74 Å². The van der Waals surface area contributed by atoms with Gasteiger partial charge in [-0.15, -0.1) is 24.0 Å². The zero-order chi connectivity index (χ0) is 21.2. The second-order valence-electron chi connectivity index (χ2n) is 7.35. The first-order valence-electron chi connectivity index (χ1n) is 10.6. The van der Waals surface area contributed by atoms with E-state index in [1.165, 1.54) is 27.6 Å². The van der Waals surface area contributed by atoms with E-state index in [9.17, 15) is 0 Å². The van der Waals surface area contributed by atoms with Crippen molar-refractivity contribution in [3.05, 3.63) is 65.4 Å². The summed E-state index contributed by atoms with van der Waals surface area (Å²) in [6.07, 6.45) is 3.05. The minimum absolute atomic E-state index is 0. The lowest BCUT2D eigenvalue weighted by Crippen LogP contribution is -2.38. The van der Waals surface area contributed by atoms with E-state index >= 15 is 0 Å². The van der Waals surface area contributed by atoms with Crippen molar-refractivity contribution in [1.82, 2.24) is 15.6 Å². The van der Waals surface area contributed by atoms with Gasteiger partial charge < -0.3 is 25.7 Å². The lowest BCUT2D eigenvalue weighted by atomic mass is 10.1. The van der Waals surface area contributed by atoms with E-state index in [1.54, 1.807) is 7.11 Å². The van der Waals surface area contributed by atoms with Gasteiger partial charge in [0.1, 0.15) is 0 Å². The molecule has 7 heteroatoms. The average molecular weight is 535 g/mol. The van der Waals surface area contributed by atoms with Crippen LogP contribution >= 0.6 is 24.0 Å². The van der Waals surface area contributed by atoms with Crippen molar-refractivity contribution in [3.63, 3.8) is 0 Å². The number of methoxy groups -OCH3 is 1. The van der Waals surface area contributed by atoms with Crippen molar-refractivity contribution in [2.24, 2.45) is 4.99 Å². The van der Waals surface area contributed by atoms with Crippen LogP contribution in [0, 0.1) is 6.92 Å². The van der Waals surface area contributed by atoms with Crippen LogP contribution in [0.2, 0.25) is 0 Å². The summed E-state index contributed by atoms with van der Waals surface area (Å²) in [6.45, 7) is 8.00. The summed E-state index contributed by atoms with van der Waals surface area (Å²) < 4.78 is 5.06. The Morgan fingerprint density at radius 1 is 1.06 bits per heavy atom. The molecule has 0 spiro atoms. The first-order valence-corrected chi connectivity index (χ1v) is 10.6. The highest BCUT2D eigenvalue weighted by molar-refractivity contribution is 14.0. The Balaban J connectivity index is 0.00000341. The molecule has 4 N–H and O–H groups in total. The number of H-pyrrole nitrogens is 1. The van der Waals surface area contributed by atoms with Crippen molar-refractivity contribution in [3.8, 4) is 0 Å². The fourth-order valence-corrected chi connectivity index (χ4v) is 3.36. The number of aromatic nitrogens is 1. The van der Waals surface area contributed by atoms with E-state index < -0.39 is 0 Å². The van der Waals surface area contributed by atoms with Gasteiger partial charge in [-0.1, -0.05) is 24.3 Å². The van der Waals surface area contributed by atoms with E-state index in [1.807, 2.05) is 0 Å². The number of nitrogens with one attached hydrogen (secondary N) is 4. The van der Waals surface area contributed by atoms with Gasteiger partial charge in [0.05, 0.1) is 13.2 Å². The predicted octanol–water partition coefficient (Wildman–Crippen LogP) is 4.45. The third-order valence-electron chi connectivity index (χ3n) is 4.96. The summed E-state index contributed by atoms with van der Waals surface area (Å²) in [5, 5.41) is 11.4. The zero-order valence-electron chi connectivity index (χ0n) is 18.6. The van der Waals surface area contributed by atoms with Crippen molar-refractivity contribution in [2.75, 3.05) is 38.7 Å². The van der Waals surface area contributed by atoms with Crippen LogP contribution in [0.1, 0.15) is 23.6 Å². The second kappa shape index (κ2) is 13.2. The molecule has 1 aromatic heterocycles. The second-order valence-corrected chi connectivity index (χ2v) is 7.35. The van der Waals surface area contributed by atoms with Gasteiger partial charge in [0.2, 0.25) is 0 Å². The molecule has 0 unspecified atom stereocenters. The first kappa shape index (κ1) is 25.0. The average Bonchev–Trinajstić information content (AvgIpc) is 3.15. The summed E-state index contributed by atoms with van der Waals surface area (Å²) in [7, 11) is 1.71. The standard InChI is InChI=1S/C24H33N5O.HI/c1-4-25-24(29-16-19-6-8-21(9-7-19)26-13-14-30-3)27-12-11-20-17-28-23-15-18(2)5-10-22(20)23;/h5-10,15,17,26,28H,4,11-14,16H2,1-3H3,(H2,25,27,29);1H. The van der Waals surface area contributed by atoms with Gasteiger partial charge in [-0.2, -0.15) is 0 Å². The van der Waals surface area contributed by atoms with E-state index in [0.29, 0.717) is 13.2 Å². The number of hydrogen-bond acceptors (Lipinski definition) is 3. The van der Waals surface area contributed by atoms with Crippen LogP contribution in [0.4, 0.5) is 5.69 Å². The van der Waals surface area contributed by atoms with Crippen molar-refractivity contribution in [2.45, 2.75) is 26.8 Å². The van der Waals surface area contributed by atoms with Gasteiger partial charge in [0.25, 0.3) is 0 Å². The van der Waals surface area contributed by atoms with Crippen molar-refractivity contribution in [1.29, 1.82) is 0 Å². The number of hydrogen-bond donors (Lipinski definition) is 4. The molecule has 3 rings (SSSR count). The lowest BCUT2D eigenvalue weighted by molar-refractivity contribution is 0.211. The Bertz CT molecular complexity index is 952. The maximum Gasteiger partial charge on any atom is 0.191 e. The number of aromatic amines is 1. The first-order chi connectivity index (χ1) is 14.7. The van der Waals surface area contributed by atoms with Gasteiger partial charge in [-0.3, -0.25) is 0 Å². The molecule has 6 nitrogen and oxygen atoms in total. The molecule has 2 aromatic carbocycles. The number of benzene rings is 2. The Labute approximate surface area is 202 Å². The molecule has 0 amide bonds. The fraction of sp³-hybridized carbons (Fsp3) is 0.375. The zero-order valence-corrected chi connectivity index (χ0v) is 21.0. The molecule has 0 saturated carbocycles. The number of guanidine groups is 1. The summed E-state index contributed by atoms with van der Waals surface area (Å²) in [6, 6.07) is 14.9. The van der Waals surface area contributed by atoms with Gasteiger partial charge in [-0.25, -0.2) is 4.99 Å². The molecule has 0 aliphatic carbocycles.